The van der Waals surface area contributed by atoms with E-state index in [1.165, 1.54) is 0 Å². The second-order valence-corrected chi connectivity index (χ2v) is 5.31. The molecule has 0 atom stereocenters. The SMILES string of the molecule is O=C1CC(=Nc2cc(C(F)(F)F)cc(C(F)(F)F)c2)CS1. The zero-order chi connectivity index (χ0) is 15.8. The third-order valence-corrected chi connectivity index (χ3v) is 3.55. The Bertz CT molecular complexity index is 572. The maximum atomic E-state index is 12.6. The lowest BCUT2D eigenvalue weighted by molar-refractivity contribution is -0.143. The smallest absolute Gasteiger partial charge is 0.287 e. The molecule has 0 bridgehead atoms. The van der Waals surface area contributed by atoms with Gasteiger partial charge in [-0.1, -0.05) is 11.8 Å². The summed E-state index contributed by atoms with van der Waals surface area (Å²) in [6.07, 6.45) is -9.88. The van der Waals surface area contributed by atoms with Crippen LogP contribution in [0.25, 0.3) is 0 Å². The minimum atomic E-state index is -4.91. The van der Waals surface area contributed by atoms with Crippen LogP contribution in [0.1, 0.15) is 17.5 Å². The molecule has 1 fully saturated rings. The van der Waals surface area contributed by atoms with Crippen molar-refractivity contribution in [2.24, 2.45) is 4.99 Å². The first-order chi connectivity index (χ1) is 9.55. The van der Waals surface area contributed by atoms with E-state index >= 15 is 0 Å². The van der Waals surface area contributed by atoms with Crippen LogP contribution in [-0.4, -0.2) is 16.6 Å². The van der Waals surface area contributed by atoms with Crippen molar-refractivity contribution in [3.63, 3.8) is 0 Å². The van der Waals surface area contributed by atoms with E-state index in [0.29, 0.717) is 12.1 Å². The lowest BCUT2D eigenvalue weighted by Gasteiger charge is -2.12. The molecular weight excluding hydrogens is 320 g/mol. The van der Waals surface area contributed by atoms with Crippen molar-refractivity contribution in [1.29, 1.82) is 0 Å². The number of hydrogen-bond donors (Lipinski definition) is 0. The van der Waals surface area contributed by atoms with Gasteiger partial charge in [0.2, 0.25) is 0 Å². The van der Waals surface area contributed by atoms with Gasteiger partial charge in [-0.15, -0.1) is 0 Å². The number of benzene rings is 1. The van der Waals surface area contributed by atoms with Gasteiger partial charge in [-0.3, -0.25) is 9.79 Å². The van der Waals surface area contributed by atoms with Gasteiger partial charge in [0.05, 0.1) is 23.2 Å². The molecular formula is C12H7F6NOS. The lowest BCUT2D eigenvalue weighted by atomic mass is 10.1. The fourth-order valence-corrected chi connectivity index (χ4v) is 2.45. The number of alkyl halides is 6. The van der Waals surface area contributed by atoms with Gasteiger partial charge in [-0.25, -0.2) is 0 Å². The highest BCUT2D eigenvalue weighted by Crippen LogP contribution is 2.38. The van der Waals surface area contributed by atoms with Crippen LogP contribution in [0.5, 0.6) is 0 Å². The van der Waals surface area contributed by atoms with E-state index in [1.54, 1.807) is 0 Å². The van der Waals surface area contributed by atoms with Crippen molar-refractivity contribution in [3.8, 4) is 0 Å². The van der Waals surface area contributed by atoms with E-state index in [-0.39, 0.29) is 29.1 Å². The van der Waals surface area contributed by atoms with Crippen LogP contribution in [0, 0.1) is 0 Å². The third kappa shape index (κ3) is 3.99. The summed E-state index contributed by atoms with van der Waals surface area (Å²) in [7, 11) is 0. The van der Waals surface area contributed by atoms with Gasteiger partial charge in [0.15, 0.2) is 5.12 Å². The number of rotatable bonds is 1. The topological polar surface area (TPSA) is 29.4 Å². The summed E-state index contributed by atoms with van der Waals surface area (Å²) in [6.45, 7) is 0. The van der Waals surface area contributed by atoms with Gasteiger partial charge < -0.3 is 0 Å². The van der Waals surface area contributed by atoms with Crippen molar-refractivity contribution in [1.82, 2.24) is 0 Å². The van der Waals surface area contributed by atoms with Crippen LogP contribution in [0.2, 0.25) is 0 Å². The zero-order valence-corrected chi connectivity index (χ0v) is 11.0. The van der Waals surface area contributed by atoms with Crippen molar-refractivity contribution in [2.75, 3.05) is 5.75 Å². The maximum Gasteiger partial charge on any atom is 0.416 e. The first-order valence-corrected chi connectivity index (χ1v) is 6.56. The fraction of sp³-hybridized carbons (Fsp3) is 0.333. The van der Waals surface area contributed by atoms with E-state index in [9.17, 15) is 31.1 Å². The van der Waals surface area contributed by atoms with E-state index in [2.05, 4.69) is 4.99 Å². The van der Waals surface area contributed by atoms with Gasteiger partial charge in [0.25, 0.3) is 0 Å². The highest BCUT2D eigenvalue weighted by molar-refractivity contribution is 8.14. The van der Waals surface area contributed by atoms with Crippen molar-refractivity contribution in [3.05, 3.63) is 29.3 Å². The number of aliphatic imine (C=N–C) groups is 1. The molecule has 2 nitrogen and oxygen atoms in total. The fourth-order valence-electron chi connectivity index (χ4n) is 1.69. The summed E-state index contributed by atoms with van der Waals surface area (Å²) in [6, 6.07) is 1.11. The summed E-state index contributed by atoms with van der Waals surface area (Å²) in [5.74, 6) is 0.177. The van der Waals surface area contributed by atoms with Crippen molar-refractivity contribution in [2.45, 2.75) is 18.8 Å². The van der Waals surface area contributed by atoms with Crippen molar-refractivity contribution < 1.29 is 31.1 Å². The molecule has 0 radical (unpaired) electrons. The van der Waals surface area contributed by atoms with E-state index in [4.69, 9.17) is 0 Å². The Kier molecular flexibility index (Phi) is 4.05. The molecule has 1 saturated heterocycles. The predicted octanol–water partition coefficient (Wildman–Crippen LogP) is 4.46. The normalized spacial score (nSPS) is 18.6. The number of carbonyl (C=O) groups excluding carboxylic acids is 1. The van der Waals surface area contributed by atoms with Gasteiger partial charge in [0.1, 0.15) is 0 Å². The quantitative estimate of drug-likeness (QED) is 0.713. The average molecular weight is 327 g/mol. The first kappa shape index (κ1) is 15.9. The zero-order valence-electron chi connectivity index (χ0n) is 10.2. The monoisotopic (exact) mass is 327 g/mol. The predicted molar refractivity (Wildman–Crippen MR) is 65.6 cm³/mol. The number of halogens is 6. The molecule has 0 spiro atoms. The largest absolute Gasteiger partial charge is 0.416 e. The molecule has 0 amide bonds. The molecule has 21 heavy (non-hydrogen) atoms. The van der Waals surface area contributed by atoms with Crippen LogP contribution >= 0.6 is 11.8 Å². The lowest BCUT2D eigenvalue weighted by Crippen LogP contribution is -2.10. The molecule has 1 heterocycles. The second kappa shape index (κ2) is 5.36. The highest BCUT2D eigenvalue weighted by Gasteiger charge is 2.37. The second-order valence-electron chi connectivity index (χ2n) is 4.28. The summed E-state index contributed by atoms with van der Waals surface area (Å²) < 4.78 is 75.8. The van der Waals surface area contributed by atoms with E-state index < -0.39 is 29.2 Å². The Balaban J connectivity index is 2.48. The molecule has 0 aromatic heterocycles. The van der Waals surface area contributed by atoms with Crippen LogP contribution < -0.4 is 0 Å². The number of hydrogen-bond acceptors (Lipinski definition) is 3. The summed E-state index contributed by atoms with van der Waals surface area (Å²) in [5, 5.41) is -0.211. The Morgan fingerprint density at radius 1 is 0.952 bits per heavy atom. The minimum absolute atomic E-state index is 0.0399. The molecule has 9 heteroatoms. The Hall–Kier alpha value is -1.51. The Labute approximate surface area is 119 Å². The molecule has 0 saturated carbocycles. The van der Waals surface area contributed by atoms with Gasteiger partial charge in [-0.2, -0.15) is 26.3 Å². The van der Waals surface area contributed by atoms with E-state index in [1.807, 2.05) is 0 Å². The van der Waals surface area contributed by atoms with Crippen LogP contribution in [-0.2, 0) is 17.1 Å². The molecule has 114 valence electrons. The summed E-state index contributed by atoms with van der Waals surface area (Å²) >= 11 is 0.930. The molecule has 0 unspecified atom stereocenters. The standard InChI is InChI=1S/C12H7F6NOS/c13-11(14,15)6-1-7(12(16,17)18)3-8(2-6)19-9-4-10(20)21-5-9/h1-3H,4-5H2. The molecule has 1 aromatic carbocycles. The summed E-state index contributed by atoms with van der Waals surface area (Å²) in [4.78, 5) is 14.8. The molecule has 1 aliphatic rings. The molecule has 1 aromatic rings. The first-order valence-electron chi connectivity index (χ1n) is 5.57. The Morgan fingerprint density at radius 2 is 1.48 bits per heavy atom. The maximum absolute atomic E-state index is 12.6. The van der Waals surface area contributed by atoms with Crippen LogP contribution in [0.15, 0.2) is 23.2 Å². The molecule has 0 N–H and O–H groups in total. The van der Waals surface area contributed by atoms with Crippen LogP contribution in [0.4, 0.5) is 32.0 Å². The molecule has 1 aliphatic heterocycles. The minimum Gasteiger partial charge on any atom is -0.287 e. The van der Waals surface area contributed by atoms with Gasteiger partial charge >= 0.3 is 12.4 Å². The number of nitrogens with zero attached hydrogens (tertiary/aromatic N) is 1. The highest BCUT2D eigenvalue weighted by atomic mass is 32.2. The number of thioether (sulfide) groups is 1. The number of carbonyl (C=O) groups is 1. The van der Waals surface area contributed by atoms with Gasteiger partial charge in [-0.05, 0) is 18.2 Å². The van der Waals surface area contributed by atoms with E-state index in [0.717, 1.165) is 11.8 Å². The molecule has 0 aliphatic carbocycles. The Morgan fingerprint density at radius 3 is 1.86 bits per heavy atom. The van der Waals surface area contributed by atoms with Crippen LogP contribution in [0.3, 0.4) is 0 Å². The van der Waals surface area contributed by atoms with Gasteiger partial charge in [0, 0.05) is 11.5 Å². The average Bonchev–Trinajstić information content (AvgIpc) is 2.72. The third-order valence-electron chi connectivity index (χ3n) is 2.61. The van der Waals surface area contributed by atoms with Crippen molar-refractivity contribution >= 4 is 28.3 Å². The summed E-state index contributed by atoms with van der Waals surface area (Å²) in [5.41, 5.74) is -3.04. The molecule has 2 rings (SSSR count).